The third-order valence-corrected chi connectivity index (χ3v) is 5.28. The molecule has 1 saturated heterocycles. The molecule has 0 amide bonds. The van der Waals surface area contributed by atoms with Crippen molar-refractivity contribution in [3.63, 3.8) is 0 Å². The summed E-state index contributed by atoms with van der Waals surface area (Å²) >= 11 is 0. The van der Waals surface area contributed by atoms with Crippen molar-refractivity contribution in [1.29, 1.82) is 0 Å². The van der Waals surface area contributed by atoms with Crippen LogP contribution in [0.2, 0.25) is 0 Å². The molecule has 140 valence electrons. The van der Waals surface area contributed by atoms with Crippen molar-refractivity contribution in [3.8, 4) is 0 Å². The maximum absolute atomic E-state index is 11.9. The van der Waals surface area contributed by atoms with Gasteiger partial charge < -0.3 is 9.80 Å². The van der Waals surface area contributed by atoms with Crippen LogP contribution in [0.1, 0.15) is 31.2 Å². The Morgan fingerprint density at radius 2 is 1.63 bits per heavy atom. The van der Waals surface area contributed by atoms with Crippen molar-refractivity contribution in [2.45, 2.75) is 25.7 Å². The minimum Gasteiger partial charge on any atom is -0.351 e. The molecule has 4 rings (SSSR count). The molecule has 0 saturated carbocycles. The molecule has 2 aliphatic rings. The van der Waals surface area contributed by atoms with Crippen LogP contribution in [0.5, 0.6) is 0 Å². The number of hydrogen-bond donors (Lipinski definition) is 0. The normalized spacial score (nSPS) is 17.6. The van der Waals surface area contributed by atoms with Gasteiger partial charge in [-0.1, -0.05) is 36.4 Å². The Morgan fingerprint density at radius 3 is 2.26 bits per heavy atom. The molecule has 0 N–H and O–H groups in total. The van der Waals surface area contributed by atoms with Gasteiger partial charge in [-0.25, -0.2) is 9.97 Å². The van der Waals surface area contributed by atoms with E-state index in [4.69, 9.17) is 0 Å². The lowest BCUT2D eigenvalue weighted by Gasteiger charge is -2.30. The number of aromatic nitrogens is 2. The highest BCUT2D eigenvalue weighted by molar-refractivity contribution is 5.74. The molecular formula is C20H23N5O2. The highest BCUT2D eigenvalue weighted by Crippen LogP contribution is 2.36. The summed E-state index contributed by atoms with van der Waals surface area (Å²) in [5.41, 5.74) is 2.53. The highest BCUT2D eigenvalue weighted by atomic mass is 16.6. The Kier molecular flexibility index (Phi) is 5.00. The van der Waals surface area contributed by atoms with Crippen molar-refractivity contribution in [2.75, 3.05) is 36.0 Å². The topological polar surface area (TPSA) is 75.4 Å². The fourth-order valence-electron chi connectivity index (χ4n) is 3.87. The van der Waals surface area contributed by atoms with E-state index in [1.54, 1.807) is 0 Å². The molecule has 7 heteroatoms. The predicted molar refractivity (Wildman–Crippen MR) is 106 cm³/mol. The number of nitro groups is 1. The number of benzene rings is 1. The molecule has 3 heterocycles. The zero-order valence-electron chi connectivity index (χ0n) is 15.3. The molecule has 0 spiro atoms. The summed E-state index contributed by atoms with van der Waals surface area (Å²) in [6, 6.07) is 10.3. The summed E-state index contributed by atoms with van der Waals surface area (Å²) < 4.78 is 0. The van der Waals surface area contributed by atoms with Crippen LogP contribution in [0.4, 0.5) is 17.3 Å². The monoisotopic (exact) mass is 365 g/mol. The van der Waals surface area contributed by atoms with Gasteiger partial charge in [0.25, 0.3) is 0 Å². The zero-order chi connectivity index (χ0) is 18.6. The largest absolute Gasteiger partial charge is 0.353 e. The van der Waals surface area contributed by atoms with Crippen molar-refractivity contribution in [2.24, 2.45) is 0 Å². The quantitative estimate of drug-likeness (QED) is 0.608. The molecule has 0 aliphatic carbocycles. The first kappa shape index (κ1) is 17.5. The number of nitrogens with zero attached hydrogens (tertiary/aromatic N) is 5. The number of rotatable bonds is 4. The Bertz CT molecular complexity index is 847. The average molecular weight is 365 g/mol. The van der Waals surface area contributed by atoms with Gasteiger partial charge in [-0.2, -0.15) is 0 Å². The molecule has 2 aliphatic heterocycles. The van der Waals surface area contributed by atoms with Gasteiger partial charge in [0, 0.05) is 26.2 Å². The van der Waals surface area contributed by atoms with E-state index < -0.39 is 0 Å². The van der Waals surface area contributed by atoms with Crippen LogP contribution in [0.3, 0.4) is 0 Å². The SMILES string of the molecule is O=[N+]([O-])c1c(N2CC=C(c3ccccc3)CC2)ncnc1N1CCCCC1. The van der Waals surface area contributed by atoms with Gasteiger partial charge in [0.1, 0.15) is 6.33 Å². The minimum atomic E-state index is -0.324. The van der Waals surface area contributed by atoms with E-state index in [1.807, 2.05) is 28.0 Å². The van der Waals surface area contributed by atoms with Crippen molar-refractivity contribution in [1.82, 2.24) is 9.97 Å². The van der Waals surface area contributed by atoms with Crippen LogP contribution in [0, 0.1) is 10.1 Å². The third kappa shape index (κ3) is 3.63. The van der Waals surface area contributed by atoms with Crippen LogP contribution >= 0.6 is 0 Å². The second kappa shape index (κ2) is 7.73. The maximum atomic E-state index is 11.9. The van der Waals surface area contributed by atoms with E-state index in [0.29, 0.717) is 24.7 Å². The number of anilines is 2. The summed E-state index contributed by atoms with van der Waals surface area (Å²) in [5, 5.41) is 11.9. The minimum absolute atomic E-state index is 0.0379. The van der Waals surface area contributed by atoms with E-state index >= 15 is 0 Å². The lowest BCUT2D eigenvalue weighted by molar-refractivity contribution is -0.383. The molecule has 1 aromatic carbocycles. The number of hydrogen-bond acceptors (Lipinski definition) is 6. The van der Waals surface area contributed by atoms with Crippen LogP contribution in [0.15, 0.2) is 42.7 Å². The second-order valence-corrected chi connectivity index (χ2v) is 6.97. The van der Waals surface area contributed by atoms with Gasteiger partial charge >= 0.3 is 5.69 Å². The van der Waals surface area contributed by atoms with E-state index in [9.17, 15) is 10.1 Å². The van der Waals surface area contributed by atoms with Gasteiger partial charge in [-0.3, -0.25) is 10.1 Å². The fraction of sp³-hybridized carbons (Fsp3) is 0.400. The summed E-state index contributed by atoms with van der Waals surface area (Å²) in [7, 11) is 0. The predicted octanol–water partition coefficient (Wildman–Crippen LogP) is 3.67. The maximum Gasteiger partial charge on any atom is 0.353 e. The first-order valence-corrected chi connectivity index (χ1v) is 9.48. The molecule has 1 fully saturated rings. The van der Waals surface area contributed by atoms with Gasteiger partial charge in [0.2, 0.25) is 11.6 Å². The van der Waals surface area contributed by atoms with Crippen LogP contribution in [-0.4, -0.2) is 41.1 Å². The standard InChI is InChI=1S/C20H23N5O2/c26-25(27)18-19(23-11-5-2-6-12-23)21-15-22-20(18)24-13-9-17(10-14-24)16-7-3-1-4-8-16/h1,3-4,7-9,15H,2,5-6,10-14H2. The van der Waals surface area contributed by atoms with Gasteiger partial charge in [0.05, 0.1) is 4.92 Å². The fourth-order valence-corrected chi connectivity index (χ4v) is 3.87. The van der Waals surface area contributed by atoms with Crippen LogP contribution in [-0.2, 0) is 0 Å². The van der Waals surface area contributed by atoms with Crippen LogP contribution < -0.4 is 9.80 Å². The Morgan fingerprint density at radius 1 is 0.926 bits per heavy atom. The van der Waals surface area contributed by atoms with Crippen molar-refractivity contribution in [3.05, 3.63) is 58.4 Å². The molecule has 0 radical (unpaired) electrons. The Hall–Kier alpha value is -2.96. The molecule has 0 atom stereocenters. The van der Waals surface area contributed by atoms with Gasteiger partial charge in [0.15, 0.2) is 0 Å². The average Bonchev–Trinajstić information content (AvgIpc) is 2.74. The van der Waals surface area contributed by atoms with Gasteiger partial charge in [-0.15, -0.1) is 0 Å². The third-order valence-electron chi connectivity index (χ3n) is 5.28. The highest BCUT2D eigenvalue weighted by Gasteiger charge is 2.31. The molecule has 2 aromatic rings. The first-order chi connectivity index (χ1) is 13.2. The number of piperidine rings is 1. The molecule has 27 heavy (non-hydrogen) atoms. The Labute approximate surface area is 158 Å². The smallest absolute Gasteiger partial charge is 0.351 e. The molecular weight excluding hydrogens is 342 g/mol. The van der Waals surface area contributed by atoms with E-state index in [1.165, 1.54) is 23.9 Å². The van der Waals surface area contributed by atoms with E-state index in [-0.39, 0.29) is 10.6 Å². The van der Waals surface area contributed by atoms with Crippen LogP contribution in [0.25, 0.3) is 5.57 Å². The molecule has 1 aromatic heterocycles. The summed E-state index contributed by atoms with van der Waals surface area (Å²) in [6.07, 6.45) is 7.70. The van der Waals surface area contributed by atoms with E-state index in [0.717, 1.165) is 32.4 Å². The molecule has 0 unspecified atom stereocenters. The summed E-state index contributed by atoms with van der Waals surface area (Å²) in [4.78, 5) is 24.1. The van der Waals surface area contributed by atoms with Gasteiger partial charge in [-0.05, 0) is 36.8 Å². The summed E-state index contributed by atoms with van der Waals surface area (Å²) in [6.45, 7) is 2.95. The van der Waals surface area contributed by atoms with Crippen molar-refractivity contribution < 1.29 is 4.92 Å². The first-order valence-electron chi connectivity index (χ1n) is 9.48. The lowest BCUT2D eigenvalue weighted by atomic mass is 9.99. The second-order valence-electron chi connectivity index (χ2n) is 6.97. The lowest BCUT2D eigenvalue weighted by Crippen LogP contribution is -2.33. The summed E-state index contributed by atoms with van der Waals surface area (Å²) in [5.74, 6) is 0.890. The zero-order valence-corrected chi connectivity index (χ0v) is 15.3. The molecule has 0 bridgehead atoms. The molecule has 7 nitrogen and oxygen atoms in total. The Balaban J connectivity index is 1.62. The van der Waals surface area contributed by atoms with E-state index in [2.05, 4.69) is 28.2 Å². The van der Waals surface area contributed by atoms with Crippen molar-refractivity contribution >= 4 is 22.9 Å².